The monoisotopic (exact) mass is 292 g/mol. The van der Waals surface area contributed by atoms with E-state index in [1.165, 1.54) is 7.11 Å². The minimum absolute atomic E-state index is 0.168. The van der Waals surface area contributed by atoms with Crippen LogP contribution in [0.5, 0.6) is 0 Å². The van der Waals surface area contributed by atoms with Gasteiger partial charge in [-0.3, -0.25) is 14.9 Å². The van der Waals surface area contributed by atoms with Gasteiger partial charge in [0, 0.05) is 5.56 Å². The predicted molar refractivity (Wildman–Crippen MR) is 77.5 cm³/mol. The van der Waals surface area contributed by atoms with Gasteiger partial charge in [0.25, 0.3) is 0 Å². The zero-order valence-electron chi connectivity index (χ0n) is 12.3. The molecule has 0 heterocycles. The zero-order chi connectivity index (χ0) is 16.0. The standard InChI is InChI=1S/C15H20N2O4/c1-9(2)11(14(16)19)17-12(15(20)21-3)13(18)10-7-5-4-6-8-10/h4-9,11-12,17H,1-3H3,(H2,16,19). The van der Waals surface area contributed by atoms with Gasteiger partial charge in [0.2, 0.25) is 5.91 Å². The summed E-state index contributed by atoms with van der Waals surface area (Å²) in [5, 5.41) is 2.70. The number of rotatable bonds is 7. The highest BCUT2D eigenvalue weighted by atomic mass is 16.5. The van der Waals surface area contributed by atoms with Gasteiger partial charge >= 0.3 is 5.97 Å². The molecule has 3 N–H and O–H groups in total. The average molecular weight is 292 g/mol. The Labute approximate surface area is 123 Å². The van der Waals surface area contributed by atoms with Gasteiger partial charge in [0.15, 0.2) is 11.8 Å². The summed E-state index contributed by atoms with van der Waals surface area (Å²) < 4.78 is 4.64. The maximum absolute atomic E-state index is 12.4. The molecule has 0 saturated heterocycles. The minimum atomic E-state index is -1.27. The molecule has 1 amide bonds. The van der Waals surface area contributed by atoms with E-state index >= 15 is 0 Å². The molecule has 1 rings (SSSR count). The van der Waals surface area contributed by atoms with Crippen LogP contribution in [0.3, 0.4) is 0 Å². The highest BCUT2D eigenvalue weighted by Crippen LogP contribution is 2.09. The van der Waals surface area contributed by atoms with Crippen LogP contribution in [-0.2, 0) is 14.3 Å². The Morgan fingerprint density at radius 1 is 1.14 bits per heavy atom. The first kappa shape index (κ1) is 16.8. The Morgan fingerprint density at radius 3 is 2.14 bits per heavy atom. The van der Waals surface area contributed by atoms with Crippen molar-refractivity contribution in [2.24, 2.45) is 11.7 Å². The van der Waals surface area contributed by atoms with Gasteiger partial charge in [0.1, 0.15) is 0 Å². The van der Waals surface area contributed by atoms with Crippen molar-refractivity contribution in [2.45, 2.75) is 25.9 Å². The third kappa shape index (κ3) is 4.39. The number of primary amides is 1. The summed E-state index contributed by atoms with van der Waals surface area (Å²) in [5.74, 6) is -2.01. The van der Waals surface area contributed by atoms with Crippen LogP contribution < -0.4 is 11.1 Å². The van der Waals surface area contributed by atoms with E-state index in [-0.39, 0.29) is 5.92 Å². The molecule has 0 fully saturated rings. The summed E-state index contributed by atoms with van der Waals surface area (Å²) in [4.78, 5) is 35.7. The van der Waals surface area contributed by atoms with Crippen LogP contribution in [0.2, 0.25) is 0 Å². The molecule has 0 aliphatic carbocycles. The van der Waals surface area contributed by atoms with Crippen LogP contribution in [0.4, 0.5) is 0 Å². The van der Waals surface area contributed by atoms with Crippen molar-refractivity contribution in [3.8, 4) is 0 Å². The first-order valence-corrected chi connectivity index (χ1v) is 6.61. The van der Waals surface area contributed by atoms with E-state index < -0.39 is 29.7 Å². The molecule has 0 aromatic heterocycles. The van der Waals surface area contributed by atoms with Crippen LogP contribution in [0.15, 0.2) is 30.3 Å². The highest BCUT2D eigenvalue weighted by molar-refractivity contribution is 6.12. The number of benzene rings is 1. The lowest BCUT2D eigenvalue weighted by atomic mass is 9.99. The molecule has 2 atom stereocenters. The van der Waals surface area contributed by atoms with Crippen molar-refractivity contribution in [3.63, 3.8) is 0 Å². The molecular weight excluding hydrogens is 272 g/mol. The molecule has 6 heteroatoms. The van der Waals surface area contributed by atoms with Crippen molar-refractivity contribution in [3.05, 3.63) is 35.9 Å². The number of esters is 1. The molecule has 0 aliphatic heterocycles. The first-order chi connectivity index (χ1) is 9.88. The van der Waals surface area contributed by atoms with Crippen LogP contribution in [0.1, 0.15) is 24.2 Å². The maximum atomic E-state index is 12.4. The van der Waals surface area contributed by atoms with Crippen molar-refractivity contribution in [1.82, 2.24) is 5.32 Å². The third-order valence-corrected chi connectivity index (χ3v) is 3.08. The molecule has 1 aromatic carbocycles. The summed E-state index contributed by atoms with van der Waals surface area (Å²) in [6.45, 7) is 3.54. The van der Waals surface area contributed by atoms with Gasteiger partial charge in [0.05, 0.1) is 13.2 Å². The van der Waals surface area contributed by atoms with E-state index in [1.807, 2.05) is 0 Å². The number of ketones is 1. The normalized spacial score (nSPS) is 13.5. The van der Waals surface area contributed by atoms with E-state index in [4.69, 9.17) is 5.73 Å². The van der Waals surface area contributed by atoms with E-state index in [9.17, 15) is 14.4 Å². The molecule has 2 unspecified atom stereocenters. The van der Waals surface area contributed by atoms with Gasteiger partial charge in [-0.15, -0.1) is 0 Å². The Kier molecular flexibility index (Phi) is 6.05. The number of nitrogens with one attached hydrogen (secondary N) is 1. The Hall–Kier alpha value is -2.21. The van der Waals surface area contributed by atoms with E-state index in [2.05, 4.69) is 10.1 Å². The number of methoxy groups -OCH3 is 1. The lowest BCUT2D eigenvalue weighted by Gasteiger charge is -2.24. The number of hydrogen-bond acceptors (Lipinski definition) is 5. The number of ether oxygens (including phenoxy) is 1. The topological polar surface area (TPSA) is 98.5 Å². The SMILES string of the molecule is COC(=O)C(NC(C(N)=O)C(C)C)C(=O)c1ccccc1. The van der Waals surface area contributed by atoms with E-state index in [0.29, 0.717) is 5.56 Å². The summed E-state index contributed by atoms with van der Waals surface area (Å²) >= 11 is 0. The second kappa shape index (κ2) is 7.54. The van der Waals surface area contributed by atoms with Crippen LogP contribution >= 0.6 is 0 Å². The molecule has 0 aliphatic rings. The van der Waals surface area contributed by atoms with E-state index in [1.54, 1.807) is 44.2 Å². The lowest BCUT2D eigenvalue weighted by Crippen LogP contribution is -2.55. The third-order valence-electron chi connectivity index (χ3n) is 3.08. The number of carbonyl (C=O) groups excluding carboxylic acids is 3. The largest absolute Gasteiger partial charge is 0.468 e. The fourth-order valence-electron chi connectivity index (χ4n) is 1.92. The number of amides is 1. The van der Waals surface area contributed by atoms with Crippen LogP contribution in [-0.4, -0.2) is 36.9 Å². The predicted octanol–water partition coefficient (Wildman–Crippen LogP) is 0.510. The first-order valence-electron chi connectivity index (χ1n) is 6.61. The van der Waals surface area contributed by atoms with Gasteiger partial charge < -0.3 is 10.5 Å². The molecule has 114 valence electrons. The highest BCUT2D eigenvalue weighted by Gasteiger charge is 2.33. The molecule has 0 bridgehead atoms. The second-order valence-electron chi connectivity index (χ2n) is 4.98. The summed E-state index contributed by atoms with van der Waals surface area (Å²) in [6, 6.07) is 6.26. The maximum Gasteiger partial charge on any atom is 0.331 e. The Morgan fingerprint density at radius 2 is 1.71 bits per heavy atom. The van der Waals surface area contributed by atoms with Crippen molar-refractivity contribution in [2.75, 3.05) is 7.11 Å². The molecule has 0 radical (unpaired) electrons. The quantitative estimate of drug-likeness (QED) is 0.433. The van der Waals surface area contributed by atoms with Gasteiger partial charge in [-0.25, -0.2) is 4.79 Å². The minimum Gasteiger partial charge on any atom is -0.468 e. The van der Waals surface area contributed by atoms with Crippen LogP contribution in [0.25, 0.3) is 0 Å². The van der Waals surface area contributed by atoms with E-state index in [0.717, 1.165) is 0 Å². The molecule has 0 saturated carbocycles. The Bertz CT molecular complexity index is 514. The van der Waals surface area contributed by atoms with Gasteiger partial charge in [-0.1, -0.05) is 44.2 Å². The molecule has 21 heavy (non-hydrogen) atoms. The van der Waals surface area contributed by atoms with Crippen molar-refractivity contribution in [1.29, 1.82) is 0 Å². The number of Topliss-reactive ketones (excluding diaryl/α,β-unsaturated/α-hetero) is 1. The number of nitrogens with two attached hydrogens (primary N) is 1. The summed E-state index contributed by atoms with van der Waals surface area (Å²) in [6.07, 6.45) is 0. The molecule has 0 spiro atoms. The number of hydrogen-bond donors (Lipinski definition) is 2. The van der Waals surface area contributed by atoms with Crippen LogP contribution in [0, 0.1) is 5.92 Å². The number of carbonyl (C=O) groups is 3. The second-order valence-corrected chi connectivity index (χ2v) is 4.98. The smallest absolute Gasteiger partial charge is 0.331 e. The van der Waals surface area contributed by atoms with Crippen molar-refractivity contribution < 1.29 is 19.1 Å². The van der Waals surface area contributed by atoms with Gasteiger partial charge in [-0.05, 0) is 5.92 Å². The van der Waals surface area contributed by atoms with Crippen molar-refractivity contribution >= 4 is 17.7 Å². The zero-order valence-corrected chi connectivity index (χ0v) is 12.3. The molecule has 6 nitrogen and oxygen atoms in total. The molecule has 1 aromatic rings. The van der Waals surface area contributed by atoms with Gasteiger partial charge in [-0.2, -0.15) is 0 Å². The average Bonchev–Trinajstić information content (AvgIpc) is 2.47. The Balaban J connectivity index is 3.04. The molecular formula is C15H20N2O4. The lowest BCUT2D eigenvalue weighted by molar-refractivity contribution is -0.142. The fraction of sp³-hybridized carbons (Fsp3) is 0.400. The summed E-state index contributed by atoms with van der Waals surface area (Å²) in [5.41, 5.74) is 5.66. The summed E-state index contributed by atoms with van der Waals surface area (Å²) in [7, 11) is 1.18. The fourth-order valence-corrected chi connectivity index (χ4v) is 1.92.